The molecule has 0 aliphatic rings. The van der Waals surface area contributed by atoms with Gasteiger partial charge in [-0.05, 0) is 25.1 Å². The number of likely N-dealkylation sites (N-methyl/N-ethyl adjacent to an activating group) is 1. The van der Waals surface area contributed by atoms with Crippen LogP contribution >= 0.6 is 0 Å². The van der Waals surface area contributed by atoms with Crippen LogP contribution in [-0.4, -0.2) is 45.1 Å². The molecule has 0 aromatic heterocycles. The van der Waals surface area contributed by atoms with E-state index in [0.29, 0.717) is 12.3 Å². The Labute approximate surface area is 164 Å². The number of carbonyl (C=O) groups is 1. The van der Waals surface area contributed by atoms with Gasteiger partial charge in [0.15, 0.2) is 6.04 Å². The van der Waals surface area contributed by atoms with Crippen LogP contribution < -0.4 is 19.9 Å². The Balaban J connectivity index is 2.07. The summed E-state index contributed by atoms with van der Waals surface area (Å²) in [6, 6.07) is 11.9. The third kappa shape index (κ3) is 5.20. The SMILES string of the molecule is COc1ccc([N+](=O)[O-])cc1NC(=O)[C@@H](C)[NH+](C)Cc1ccc(N(C)C)cc1. The van der Waals surface area contributed by atoms with Crippen molar-refractivity contribution in [2.45, 2.75) is 19.5 Å². The second-order valence-corrected chi connectivity index (χ2v) is 6.94. The van der Waals surface area contributed by atoms with E-state index in [0.717, 1.165) is 16.2 Å². The third-order valence-corrected chi connectivity index (χ3v) is 4.72. The van der Waals surface area contributed by atoms with Gasteiger partial charge in [0, 0.05) is 37.5 Å². The zero-order valence-corrected chi connectivity index (χ0v) is 16.9. The van der Waals surface area contributed by atoms with Gasteiger partial charge in [-0.25, -0.2) is 0 Å². The first kappa shape index (κ1) is 21.2. The molecule has 0 aliphatic heterocycles. The Kier molecular flexibility index (Phi) is 6.94. The highest BCUT2D eigenvalue weighted by atomic mass is 16.6. The van der Waals surface area contributed by atoms with E-state index in [2.05, 4.69) is 5.32 Å². The zero-order chi connectivity index (χ0) is 20.8. The van der Waals surface area contributed by atoms with E-state index in [9.17, 15) is 14.9 Å². The summed E-state index contributed by atoms with van der Waals surface area (Å²) in [7, 11) is 7.37. The minimum Gasteiger partial charge on any atom is -0.495 e. The highest BCUT2D eigenvalue weighted by molar-refractivity contribution is 5.95. The molecule has 0 radical (unpaired) electrons. The third-order valence-electron chi connectivity index (χ3n) is 4.72. The molecule has 2 aromatic carbocycles. The van der Waals surface area contributed by atoms with Crippen LogP contribution in [-0.2, 0) is 11.3 Å². The summed E-state index contributed by atoms with van der Waals surface area (Å²) in [4.78, 5) is 26.2. The molecule has 0 heterocycles. The molecule has 0 saturated carbocycles. The van der Waals surface area contributed by atoms with E-state index < -0.39 is 4.92 Å². The Morgan fingerprint density at radius 3 is 2.43 bits per heavy atom. The summed E-state index contributed by atoms with van der Waals surface area (Å²) in [6.45, 7) is 2.50. The number of methoxy groups -OCH3 is 1. The van der Waals surface area contributed by atoms with Crippen LogP contribution in [0.25, 0.3) is 0 Å². The van der Waals surface area contributed by atoms with Crippen LogP contribution in [0.15, 0.2) is 42.5 Å². The average Bonchev–Trinajstić information content (AvgIpc) is 2.67. The number of nitro benzene ring substituents is 1. The van der Waals surface area contributed by atoms with Gasteiger partial charge in [-0.3, -0.25) is 14.9 Å². The molecule has 2 atom stereocenters. The number of amides is 1. The Morgan fingerprint density at radius 1 is 1.25 bits per heavy atom. The highest BCUT2D eigenvalue weighted by Gasteiger charge is 2.24. The van der Waals surface area contributed by atoms with Gasteiger partial charge in [0.05, 0.1) is 24.8 Å². The summed E-state index contributed by atoms with van der Waals surface area (Å²) in [5, 5.41) is 13.7. The molecular weight excluding hydrogens is 360 g/mol. The first-order valence-corrected chi connectivity index (χ1v) is 8.94. The lowest BCUT2D eigenvalue weighted by Gasteiger charge is -2.22. The number of quaternary nitrogens is 1. The van der Waals surface area contributed by atoms with E-state index in [4.69, 9.17) is 4.74 Å². The van der Waals surface area contributed by atoms with Gasteiger partial charge in [0.25, 0.3) is 11.6 Å². The van der Waals surface area contributed by atoms with Crippen molar-refractivity contribution in [3.63, 3.8) is 0 Å². The van der Waals surface area contributed by atoms with Gasteiger partial charge >= 0.3 is 0 Å². The van der Waals surface area contributed by atoms with E-state index >= 15 is 0 Å². The van der Waals surface area contributed by atoms with Crippen molar-refractivity contribution in [3.05, 3.63) is 58.1 Å². The molecule has 0 bridgehead atoms. The average molecular weight is 387 g/mol. The largest absolute Gasteiger partial charge is 0.495 e. The summed E-state index contributed by atoms with van der Waals surface area (Å²) in [5.74, 6) is 0.143. The predicted molar refractivity (Wildman–Crippen MR) is 109 cm³/mol. The number of carbonyl (C=O) groups excluding carboxylic acids is 1. The Hall–Kier alpha value is -3.13. The number of ether oxygens (including phenoxy) is 1. The predicted octanol–water partition coefficient (Wildman–Crippen LogP) is 1.71. The molecule has 2 N–H and O–H groups in total. The molecule has 0 fully saturated rings. The maximum atomic E-state index is 12.7. The minimum atomic E-state index is -0.507. The van der Waals surface area contributed by atoms with Crippen molar-refractivity contribution in [1.29, 1.82) is 0 Å². The fourth-order valence-corrected chi connectivity index (χ4v) is 2.76. The molecular formula is C20H27N4O4+. The van der Waals surface area contributed by atoms with Gasteiger partial charge in [-0.2, -0.15) is 0 Å². The quantitative estimate of drug-likeness (QED) is 0.532. The number of non-ortho nitro benzene ring substituents is 1. The molecule has 8 nitrogen and oxygen atoms in total. The van der Waals surface area contributed by atoms with Crippen molar-refractivity contribution in [2.24, 2.45) is 0 Å². The smallest absolute Gasteiger partial charge is 0.282 e. The maximum Gasteiger partial charge on any atom is 0.282 e. The molecule has 150 valence electrons. The number of nitro groups is 1. The maximum absolute atomic E-state index is 12.7. The van der Waals surface area contributed by atoms with Crippen molar-refractivity contribution < 1.29 is 19.4 Å². The van der Waals surface area contributed by atoms with Crippen molar-refractivity contribution in [3.8, 4) is 5.75 Å². The number of hydrogen-bond donors (Lipinski definition) is 2. The summed E-state index contributed by atoms with van der Waals surface area (Å²) in [6.07, 6.45) is 0. The van der Waals surface area contributed by atoms with Crippen LogP contribution in [0.2, 0.25) is 0 Å². The number of anilines is 2. The lowest BCUT2D eigenvalue weighted by atomic mass is 10.1. The van der Waals surface area contributed by atoms with Crippen LogP contribution in [0.4, 0.5) is 17.1 Å². The van der Waals surface area contributed by atoms with Gasteiger partial charge < -0.3 is 19.9 Å². The lowest BCUT2D eigenvalue weighted by molar-refractivity contribution is -0.907. The van der Waals surface area contributed by atoms with Crippen LogP contribution in [0.1, 0.15) is 12.5 Å². The van der Waals surface area contributed by atoms with Gasteiger partial charge in [0.1, 0.15) is 12.3 Å². The van der Waals surface area contributed by atoms with E-state index in [-0.39, 0.29) is 23.3 Å². The summed E-state index contributed by atoms with van der Waals surface area (Å²) < 4.78 is 5.20. The van der Waals surface area contributed by atoms with E-state index in [1.165, 1.54) is 25.3 Å². The van der Waals surface area contributed by atoms with Gasteiger partial charge in [-0.1, -0.05) is 12.1 Å². The molecule has 8 heteroatoms. The monoisotopic (exact) mass is 387 g/mol. The summed E-state index contributed by atoms with van der Waals surface area (Å²) >= 11 is 0. The van der Waals surface area contributed by atoms with Crippen molar-refractivity contribution in [2.75, 3.05) is 38.5 Å². The van der Waals surface area contributed by atoms with Crippen LogP contribution in [0.5, 0.6) is 5.75 Å². The summed E-state index contributed by atoms with van der Waals surface area (Å²) in [5.41, 5.74) is 2.42. The molecule has 0 saturated heterocycles. The number of hydrogen-bond acceptors (Lipinski definition) is 5. The van der Waals surface area contributed by atoms with Crippen LogP contribution in [0, 0.1) is 10.1 Å². The van der Waals surface area contributed by atoms with Gasteiger partial charge in [0.2, 0.25) is 0 Å². The molecule has 1 amide bonds. The minimum absolute atomic E-state index is 0.106. The number of nitrogens with zero attached hydrogens (tertiary/aromatic N) is 2. The standard InChI is InChI=1S/C20H26N4O4/c1-14(23(4)13-15-6-8-16(9-7-15)22(2)3)20(25)21-18-12-17(24(26)27)10-11-19(18)28-5/h6-12,14H,13H2,1-5H3,(H,21,25)/p+1/t14-/m1/s1. The van der Waals surface area contributed by atoms with E-state index in [1.54, 1.807) is 0 Å². The molecule has 2 rings (SSSR count). The second-order valence-electron chi connectivity index (χ2n) is 6.94. The van der Waals surface area contributed by atoms with Crippen LogP contribution in [0.3, 0.4) is 0 Å². The number of nitrogens with one attached hydrogen (secondary N) is 2. The zero-order valence-electron chi connectivity index (χ0n) is 16.9. The van der Waals surface area contributed by atoms with Gasteiger partial charge in [-0.15, -0.1) is 0 Å². The van der Waals surface area contributed by atoms with Crippen molar-refractivity contribution in [1.82, 2.24) is 0 Å². The Morgan fingerprint density at radius 2 is 1.89 bits per heavy atom. The molecule has 0 aliphatic carbocycles. The lowest BCUT2D eigenvalue weighted by Crippen LogP contribution is -3.12. The molecule has 1 unspecified atom stereocenters. The second kappa shape index (κ2) is 9.18. The van der Waals surface area contributed by atoms with E-state index in [1.807, 2.05) is 57.2 Å². The molecule has 28 heavy (non-hydrogen) atoms. The first-order valence-electron chi connectivity index (χ1n) is 8.94. The highest BCUT2D eigenvalue weighted by Crippen LogP contribution is 2.28. The number of benzene rings is 2. The molecule has 0 spiro atoms. The molecule has 2 aromatic rings. The first-order chi connectivity index (χ1) is 13.2. The normalized spacial score (nSPS) is 12.8. The fraction of sp³-hybridized carbons (Fsp3) is 0.350. The Bertz CT molecular complexity index is 837. The fourth-order valence-electron chi connectivity index (χ4n) is 2.76. The number of rotatable bonds is 8. The topological polar surface area (TPSA) is 89.1 Å². The van der Waals surface area contributed by atoms with Crippen molar-refractivity contribution >= 4 is 23.0 Å².